The monoisotopic (exact) mass is 1220 g/mol. The highest BCUT2D eigenvalue weighted by atomic mass is 16.6. The van der Waals surface area contributed by atoms with Crippen molar-refractivity contribution in [3.05, 3.63) is 154 Å². The molecule has 89 heavy (non-hydrogen) atoms. The summed E-state index contributed by atoms with van der Waals surface area (Å²) in [6, 6.07) is 33.7. The van der Waals surface area contributed by atoms with Crippen LogP contribution in [0.2, 0.25) is 0 Å². The average molecular weight is 1220 g/mol. The molecule has 4 saturated carbocycles. The van der Waals surface area contributed by atoms with Gasteiger partial charge in [0.2, 0.25) is 5.91 Å². The first-order valence-electron chi connectivity index (χ1n) is 31.9. The van der Waals surface area contributed by atoms with Gasteiger partial charge < -0.3 is 44.3 Å². The molecule has 4 aliphatic carbocycles. The van der Waals surface area contributed by atoms with Crippen LogP contribution in [0.25, 0.3) is 11.2 Å². The molecule has 6 aromatic rings. The SMILES string of the molecule is COc1ccc(C(OC[C@@H]2C[C@@H](OC(=O)CCCCCNC(=O)CC[C@@H](C)[C@H]3CC[C@H]4[C@@H]5[C@H](O)C[C@@H]6C[C@H](O)CC[C@]6(C)[C@H]5C[C@H](O)[C@]34C)[C@H](n3cnc4c(NC(=O)OCCc5ccc([N+](=O)[O-])cc5)ncnc43)O2)(c2ccccc2)c2ccccc2)cc1. The van der Waals surface area contributed by atoms with Crippen molar-refractivity contribution in [3.8, 4) is 5.75 Å². The molecule has 0 radical (unpaired) electrons. The number of rotatable bonds is 24. The number of aromatic nitrogens is 4. The van der Waals surface area contributed by atoms with E-state index in [1.807, 2.05) is 84.9 Å². The van der Waals surface area contributed by atoms with E-state index in [-0.39, 0.29) is 101 Å². The second-order valence-electron chi connectivity index (χ2n) is 26.0. The maximum atomic E-state index is 13.9. The molecule has 5 N–H and O–H groups in total. The van der Waals surface area contributed by atoms with Gasteiger partial charge in [0.05, 0.1) is 56.0 Å². The summed E-state index contributed by atoms with van der Waals surface area (Å²) in [5.74, 6) is 1.66. The van der Waals surface area contributed by atoms with E-state index in [0.29, 0.717) is 62.9 Å². The Morgan fingerprint density at radius 3 is 2.26 bits per heavy atom. The fourth-order valence-corrected chi connectivity index (χ4v) is 16.4. The lowest BCUT2D eigenvalue weighted by Gasteiger charge is -2.63. The van der Waals surface area contributed by atoms with Crippen LogP contribution in [0.4, 0.5) is 16.3 Å². The standard InChI is InChI=1S/C69H85N7O13/c1-43(53-28-29-54-61-55(39-58(79)68(53,54)3)67(2)33-31-50(77)36-48(67)37-56(61)78)19-30-59(80)70-34-13-7-12-18-60(81)89-57-38-52(40-87-69(45-14-8-5-9-15-45,46-16-10-6-11-17-46)47-22-26-51(85-4)27-23-47)88-65(57)75-42-73-62-63(71-41-72-64(62)75)74-66(82)86-35-32-44-20-24-49(25-21-44)76(83)84/h5-6,8-11,14-17,20-27,41-43,48,50,52-58,61,65,77-79H,7,12-13,18-19,28-40H2,1-4H3,(H,70,80)(H,71,72,74,82)/t43-,48+,50-,52+,53-,54+,55+,56-,57-,58+,61+,65-,67+,68-/m1/s1. The topological polar surface area (TPSA) is 269 Å². The summed E-state index contributed by atoms with van der Waals surface area (Å²) in [4.78, 5) is 64.4. The Balaban J connectivity index is 0.714. The van der Waals surface area contributed by atoms with Crippen molar-refractivity contribution in [2.45, 2.75) is 159 Å². The summed E-state index contributed by atoms with van der Waals surface area (Å²) in [7, 11) is 1.62. The van der Waals surface area contributed by atoms with Crippen LogP contribution in [-0.4, -0.2) is 115 Å². The third-order valence-electron chi connectivity index (χ3n) is 21.1. The van der Waals surface area contributed by atoms with Crippen molar-refractivity contribution in [1.29, 1.82) is 0 Å². The lowest BCUT2D eigenvalue weighted by Crippen LogP contribution is -2.62. The van der Waals surface area contributed by atoms with E-state index in [0.717, 1.165) is 60.8 Å². The van der Waals surface area contributed by atoms with Crippen molar-refractivity contribution >= 4 is 40.6 Å². The van der Waals surface area contributed by atoms with Crippen LogP contribution in [0, 0.1) is 56.5 Å². The van der Waals surface area contributed by atoms with E-state index in [1.54, 1.807) is 23.8 Å². The average Bonchev–Trinajstić information content (AvgIpc) is 1.69. The maximum absolute atomic E-state index is 13.9. The van der Waals surface area contributed by atoms with Gasteiger partial charge in [0, 0.05) is 44.4 Å². The molecule has 20 heteroatoms. The van der Waals surface area contributed by atoms with Crippen molar-refractivity contribution in [1.82, 2.24) is 24.8 Å². The van der Waals surface area contributed by atoms with Crippen LogP contribution in [0.3, 0.4) is 0 Å². The van der Waals surface area contributed by atoms with Gasteiger partial charge in [-0.05, 0) is 145 Å². The number of nitrogens with zero attached hydrogens (tertiary/aromatic N) is 5. The number of hydrogen-bond acceptors (Lipinski definition) is 16. The highest BCUT2D eigenvalue weighted by molar-refractivity contribution is 5.93. The number of ether oxygens (including phenoxy) is 5. The number of hydrogen-bond donors (Lipinski definition) is 5. The summed E-state index contributed by atoms with van der Waals surface area (Å²) in [5.41, 5.74) is 2.43. The normalized spacial score (nSPS) is 28.4. The number of unbranched alkanes of at least 4 members (excludes halogenated alkanes) is 2. The number of nitro benzene ring substituents is 1. The summed E-state index contributed by atoms with van der Waals surface area (Å²) in [6.45, 7) is 7.35. The Kier molecular flexibility index (Phi) is 19.5. The molecular weight excluding hydrogens is 1130 g/mol. The number of carbonyl (C=O) groups excluding carboxylic acids is 3. The van der Waals surface area contributed by atoms with Gasteiger partial charge in [0.25, 0.3) is 5.69 Å². The molecule has 474 valence electrons. The third kappa shape index (κ3) is 13.2. The second-order valence-corrected chi connectivity index (χ2v) is 26.0. The summed E-state index contributed by atoms with van der Waals surface area (Å²) in [5, 5.41) is 51.2. The number of aliphatic hydroxyl groups is 3. The Labute approximate surface area is 519 Å². The predicted molar refractivity (Wildman–Crippen MR) is 331 cm³/mol. The van der Waals surface area contributed by atoms with Crippen LogP contribution < -0.4 is 15.4 Å². The van der Waals surface area contributed by atoms with Gasteiger partial charge in [0.15, 0.2) is 23.2 Å². The number of imidazole rings is 1. The number of nitro groups is 1. The first-order chi connectivity index (χ1) is 43.0. The van der Waals surface area contributed by atoms with Crippen LogP contribution in [0.1, 0.15) is 139 Å². The number of fused-ring (bicyclic) bond motifs is 6. The molecule has 2 amide bonds. The molecular formula is C69H85N7O13. The Bertz CT molecular complexity index is 3350. The van der Waals surface area contributed by atoms with Crippen molar-refractivity contribution in [2.75, 3.05) is 32.2 Å². The van der Waals surface area contributed by atoms with Gasteiger partial charge in [0.1, 0.15) is 23.8 Å². The number of benzene rings is 4. The van der Waals surface area contributed by atoms with Crippen molar-refractivity contribution in [2.24, 2.45) is 46.3 Å². The second kappa shape index (κ2) is 27.4. The van der Waals surface area contributed by atoms with E-state index in [1.165, 1.54) is 24.8 Å². The molecule has 0 unspecified atom stereocenters. The minimum atomic E-state index is -1.11. The Hall–Kier alpha value is -7.36. The third-order valence-corrected chi connectivity index (χ3v) is 21.1. The number of esters is 1. The van der Waals surface area contributed by atoms with Gasteiger partial charge in [-0.1, -0.05) is 112 Å². The quantitative estimate of drug-likeness (QED) is 0.0124. The Morgan fingerprint density at radius 2 is 1.55 bits per heavy atom. The first-order valence-corrected chi connectivity index (χ1v) is 31.9. The number of anilines is 1. The number of carbonyl (C=O) groups is 3. The van der Waals surface area contributed by atoms with Gasteiger partial charge in [-0.15, -0.1) is 0 Å². The van der Waals surface area contributed by atoms with Crippen LogP contribution >= 0.6 is 0 Å². The van der Waals surface area contributed by atoms with Crippen LogP contribution in [0.5, 0.6) is 5.75 Å². The molecule has 1 saturated heterocycles. The minimum absolute atomic E-state index is 0.0125. The zero-order valence-electron chi connectivity index (χ0n) is 51.4. The van der Waals surface area contributed by atoms with Gasteiger partial charge in [-0.3, -0.25) is 29.6 Å². The molecule has 2 aromatic heterocycles. The summed E-state index contributed by atoms with van der Waals surface area (Å²) < 4.78 is 33.1. The summed E-state index contributed by atoms with van der Waals surface area (Å²) >= 11 is 0. The molecule has 11 rings (SSSR count). The largest absolute Gasteiger partial charge is 0.497 e. The smallest absolute Gasteiger partial charge is 0.412 e. The predicted octanol–water partition coefficient (Wildman–Crippen LogP) is 10.8. The summed E-state index contributed by atoms with van der Waals surface area (Å²) in [6.07, 6.45) is 7.87. The molecule has 0 bridgehead atoms. The molecule has 5 fully saturated rings. The van der Waals surface area contributed by atoms with E-state index >= 15 is 0 Å². The molecule has 3 heterocycles. The van der Waals surface area contributed by atoms with E-state index < -0.39 is 53.2 Å². The van der Waals surface area contributed by atoms with E-state index in [2.05, 4.69) is 46.4 Å². The first kappa shape index (κ1) is 63.2. The molecule has 5 aliphatic rings. The molecule has 4 aromatic carbocycles. The van der Waals surface area contributed by atoms with E-state index in [9.17, 15) is 39.8 Å². The number of amides is 2. The van der Waals surface area contributed by atoms with Gasteiger partial charge in [-0.25, -0.2) is 19.7 Å². The van der Waals surface area contributed by atoms with Gasteiger partial charge in [-0.2, -0.15) is 0 Å². The number of aliphatic hydroxyl groups excluding tert-OH is 3. The molecule has 0 spiro atoms. The zero-order valence-corrected chi connectivity index (χ0v) is 51.4. The van der Waals surface area contributed by atoms with Crippen molar-refractivity contribution in [3.63, 3.8) is 0 Å². The van der Waals surface area contributed by atoms with Crippen molar-refractivity contribution < 1.29 is 58.3 Å². The number of methoxy groups -OCH3 is 1. The molecule has 20 nitrogen and oxygen atoms in total. The molecule has 14 atom stereocenters. The highest BCUT2D eigenvalue weighted by Crippen LogP contribution is 2.68. The minimum Gasteiger partial charge on any atom is -0.497 e. The highest BCUT2D eigenvalue weighted by Gasteiger charge is 2.66. The maximum Gasteiger partial charge on any atom is 0.412 e. The fourth-order valence-electron chi connectivity index (χ4n) is 16.4. The zero-order chi connectivity index (χ0) is 62.5. The van der Waals surface area contributed by atoms with Crippen LogP contribution in [0.15, 0.2) is 122 Å². The lowest BCUT2D eigenvalue weighted by atomic mass is 9.43. The number of non-ortho nitro benzene ring substituents is 1. The van der Waals surface area contributed by atoms with Gasteiger partial charge >= 0.3 is 12.1 Å². The molecule has 1 aliphatic heterocycles. The van der Waals surface area contributed by atoms with E-state index in [4.69, 9.17) is 23.7 Å². The van der Waals surface area contributed by atoms with Crippen LogP contribution in [-0.2, 0) is 40.6 Å². The lowest BCUT2D eigenvalue weighted by molar-refractivity contribution is -0.384. The Morgan fingerprint density at radius 1 is 0.831 bits per heavy atom. The fraction of sp³-hybridized carbons (Fsp3) is 0.536. The number of nitrogens with one attached hydrogen (secondary N) is 2.